The van der Waals surface area contributed by atoms with Gasteiger partial charge in [0.05, 0.1) is 0 Å². The molecule has 2 N–H and O–H groups in total. The Morgan fingerprint density at radius 1 is 1.33 bits per heavy atom. The first-order valence-corrected chi connectivity index (χ1v) is 5.75. The zero-order valence-electron chi connectivity index (χ0n) is 9.66. The molecule has 1 heterocycles. The molecule has 0 aliphatic carbocycles. The summed E-state index contributed by atoms with van der Waals surface area (Å²) >= 11 is 0. The molecular weight excluding hydrogens is 184 g/mol. The van der Waals surface area contributed by atoms with Gasteiger partial charge in [0.15, 0.2) is 0 Å². The Morgan fingerprint density at radius 3 is 2.80 bits per heavy atom. The van der Waals surface area contributed by atoms with Gasteiger partial charge in [-0.2, -0.15) is 0 Å². The highest BCUT2D eigenvalue weighted by molar-refractivity contribution is 5.33. The van der Waals surface area contributed by atoms with E-state index in [4.69, 9.17) is 5.73 Å². The van der Waals surface area contributed by atoms with Crippen LogP contribution < -0.4 is 5.73 Å². The number of nitrogens with zero attached hydrogens (tertiary/aromatic N) is 1. The van der Waals surface area contributed by atoms with E-state index in [1.165, 1.54) is 29.7 Å². The van der Waals surface area contributed by atoms with E-state index >= 15 is 0 Å². The van der Waals surface area contributed by atoms with E-state index in [-0.39, 0.29) is 0 Å². The molecular formula is C13H20N2. The van der Waals surface area contributed by atoms with Gasteiger partial charge in [0, 0.05) is 25.7 Å². The van der Waals surface area contributed by atoms with E-state index in [1.54, 1.807) is 0 Å². The van der Waals surface area contributed by atoms with E-state index in [2.05, 4.69) is 36.9 Å². The van der Waals surface area contributed by atoms with Gasteiger partial charge in [0.1, 0.15) is 0 Å². The van der Waals surface area contributed by atoms with Crippen LogP contribution in [0.5, 0.6) is 0 Å². The molecule has 0 radical (unpaired) electrons. The molecule has 1 aromatic rings. The number of benzene rings is 1. The molecule has 0 unspecified atom stereocenters. The highest BCUT2D eigenvalue weighted by Crippen LogP contribution is 2.21. The maximum Gasteiger partial charge on any atom is 0.0239 e. The molecule has 0 fully saturated rings. The molecule has 1 aromatic carbocycles. The molecule has 0 spiro atoms. The van der Waals surface area contributed by atoms with E-state index in [1.807, 2.05) is 0 Å². The molecule has 0 saturated carbocycles. The molecule has 0 bridgehead atoms. The quantitative estimate of drug-likeness (QED) is 0.797. The number of hydrogen-bond donors (Lipinski definition) is 1. The smallest absolute Gasteiger partial charge is 0.0239 e. The number of nitrogens with two attached hydrogens (primary N) is 1. The first kappa shape index (κ1) is 10.7. The molecule has 82 valence electrons. The summed E-state index contributed by atoms with van der Waals surface area (Å²) in [6.45, 7) is 7.44. The molecule has 0 atom stereocenters. The third-order valence-corrected chi connectivity index (χ3v) is 3.28. The van der Waals surface area contributed by atoms with E-state index in [0.29, 0.717) is 12.6 Å². The predicted octanol–water partition coefficient (Wildman–Crippen LogP) is 1.91. The molecule has 0 amide bonds. The average molecular weight is 204 g/mol. The Bertz CT molecular complexity index is 344. The van der Waals surface area contributed by atoms with Crippen molar-refractivity contribution in [2.75, 3.05) is 6.54 Å². The van der Waals surface area contributed by atoms with Crippen LogP contribution in [0, 0.1) is 0 Å². The van der Waals surface area contributed by atoms with Crippen LogP contribution in [0.15, 0.2) is 18.2 Å². The van der Waals surface area contributed by atoms with Crippen LogP contribution in [0.3, 0.4) is 0 Å². The van der Waals surface area contributed by atoms with Crippen LogP contribution in [0.4, 0.5) is 0 Å². The summed E-state index contributed by atoms with van der Waals surface area (Å²) < 4.78 is 0. The lowest BCUT2D eigenvalue weighted by Gasteiger charge is -2.32. The highest BCUT2D eigenvalue weighted by atomic mass is 15.1. The second kappa shape index (κ2) is 4.33. The van der Waals surface area contributed by atoms with Crippen LogP contribution in [-0.4, -0.2) is 17.5 Å². The van der Waals surface area contributed by atoms with Crippen LogP contribution in [0.25, 0.3) is 0 Å². The van der Waals surface area contributed by atoms with Crippen molar-refractivity contribution >= 4 is 0 Å². The lowest BCUT2D eigenvalue weighted by Crippen LogP contribution is -2.35. The fraction of sp³-hybridized carbons (Fsp3) is 0.538. The Hall–Kier alpha value is -0.860. The van der Waals surface area contributed by atoms with Gasteiger partial charge in [-0.3, -0.25) is 4.90 Å². The van der Waals surface area contributed by atoms with Crippen molar-refractivity contribution in [2.45, 2.75) is 39.4 Å². The van der Waals surface area contributed by atoms with Gasteiger partial charge < -0.3 is 5.73 Å². The van der Waals surface area contributed by atoms with Crippen LogP contribution in [0.2, 0.25) is 0 Å². The predicted molar refractivity (Wildman–Crippen MR) is 63.6 cm³/mol. The molecule has 2 heteroatoms. The van der Waals surface area contributed by atoms with Gasteiger partial charge in [-0.15, -0.1) is 0 Å². The fourth-order valence-electron chi connectivity index (χ4n) is 2.20. The highest BCUT2D eigenvalue weighted by Gasteiger charge is 2.17. The van der Waals surface area contributed by atoms with Crippen molar-refractivity contribution < 1.29 is 0 Å². The van der Waals surface area contributed by atoms with Crippen molar-refractivity contribution in [1.82, 2.24) is 4.90 Å². The van der Waals surface area contributed by atoms with E-state index in [9.17, 15) is 0 Å². The normalized spacial score (nSPS) is 16.8. The monoisotopic (exact) mass is 204 g/mol. The van der Waals surface area contributed by atoms with E-state index < -0.39 is 0 Å². The Balaban J connectivity index is 2.23. The van der Waals surface area contributed by atoms with Crippen molar-refractivity contribution in [2.24, 2.45) is 5.73 Å². The lowest BCUT2D eigenvalue weighted by atomic mass is 9.96. The van der Waals surface area contributed by atoms with Crippen LogP contribution >= 0.6 is 0 Å². The van der Waals surface area contributed by atoms with Crippen molar-refractivity contribution in [3.63, 3.8) is 0 Å². The lowest BCUT2D eigenvalue weighted by molar-refractivity contribution is 0.203. The number of fused-ring (bicyclic) bond motifs is 1. The maximum absolute atomic E-state index is 5.66. The first-order valence-electron chi connectivity index (χ1n) is 5.75. The Morgan fingerprint density at radius 2 is 2.13 bits per heavy atom. The summed E-state index contributed by atoms with van der Waals surface area (Å²) in [4.78, 5) is 2.52. The summed E-state index contributed by atoms with van der Waals surface area (Å²) in [5.41, 5.74) is 9.89. The SMILES string of the molecule is CC(C)N1CCc2ccc(CN)cc2C1. The Labute approximate surface area is 92.1 Å². The van der Waals surface area contributed by atoms with E-state index in [0.717, 1.165) is 6.54 Å². The summed E-state index contributed by atoms with van der Waals surface area (Å²) in [6.07, 6.45) is 1.18. The minimum absolute atomic E-state index is 0.639. The second-order valence-corrected chi connectivity index (χ2v) is 4.62. The molecule has 15 heavy (non-hydrogen) atoms. The van der Waals surface area contributed by atoms with Crippen LogP contribution in [-0.2, 0) is 19.5 Å². The average Bonchev–Trinajstić information content (AvgIpc) is 2.27. The summed E-state index contributed by atoms with van der Waals surface area (Å²) in [6, 6.07) is 7.31. The van der Waals surface area contributed by atoms with Crippen molar-refractivity contribution in [1.29, 1.82) is 0 Å². The van der Waals surface area contributed by atoms with Crippen LogP contribution in [0.1, 0.15) is 30.5 Å². The third kappa shape index (κ3) is 2.21. The minimum Gasteiger partial charge on any atom is -0.326 e. The molecule has 2 nitrogen and oxygen atoms in total. The van der Waals surface area contributed by atoms with Gasteiger partial charge in [-0.1, -0.05) is 18.2 Å². The van der Waals surface area contributed by atoms with Gasteiger partial charge in [0.25, 0.3) is 0 Å². The second-order valence-electron chi connectivity index (χ2n) is 4.62. The van der Waals surface area contributed by atoms with Gasteiger partial charge in [-0.25, -0.2) is 0 Å². The largest absolute Gasteiger partial charge is 0.326 e. The number of hydrogen-bond acceptors (Lipinski definition) is 2. The third-order valence-electron chi connectivity index (χ3n) is 3.28. The zero-order valence-corrected chi connectivity index (χ0v) is 9.66. The molecule has 1 aliphatic heterocycles. The van der Waals surface area contributed by atoms with Crippen molar-refractivity contribution in [3.8, 4) is 0 Å². The van der Waals surface area contributed by atoms with Crippen molar-refractivity contribution in [3.05, 3.63) is 34.9 Å². The summed E-state index contributed by atoms with van der Waals surface area (Å²) in [5, 5.41) is 0. The molecule has 1 aliphatic rings. The minimum atomic E-state index is 0.639. The number of rotatable bonds is 2. The summed E-state index contributed by atoms with van der Waals surface area (Å²) in [5.74, 6) is 0. The Kier molecular flexibility index (Phi) is 3.08. The maximum atomic E-state index is 5.66. The molecule has 0 saturated heterocycles. The topological polar surface area (TPSA) is 29.3 Å². The van der Waals surface area contributed by atoms with Gasteiger partial charge in [-0.05, 0) is 37.0 Å². The molecule has 2 rings (SSSR count). The standard InChI is InChI=1S/C13H20N2/c1-10(2)15-6-5-12-4-3-11(8-14)7-13(12)9-15/h3-4,7,10H,5-6,8-9,14H2,1-2H3. The fourth-order valence-corrected chi connectivity index (χ4v) is 2.20. The first-order chi connectivity index (χ1) is 7.20. The zero-order chi connectivity index (χ0) is 10.8. The van der Waals surface area contributed by atoms with Gasteiger partial charge >= 0.3 is 0 Å². The molecule has 0 aromatic heterocycles. The van der Waals surface area contributed by atoms with Gasteiger partial charge in [0.2, 0.25) is 0 Å². The summed E-state index contributed by atoms with van der Waals surface area (Å²) in [7, 11) is 0.